The van der Waals surface area contributed by atoms with E-state index in [1.165, 1.54) is 0 Å². The van der Waals surface area contributed by atoms with Gasteiger partial charge < -0.3 is 10.3 Å². The quantitative estimate of drug-likeness (QED) is 0.203. The minimum atomic E-state index is -3.78. The zero-order chi connectivity index (χ0) is 28.8. The monoisotopic (exact) mass is 574 g/mol. The van der Waals surface area contributed by atoms with Crippen LogP contribution < -0.4 is 5.73 Å². The molecule has 1 fully saturated rings. The topological polar surface area (TPSA) is 100 Å². The molecule has 0 amide bonds. The van der Waals surface area contributed by atoms with E-state index >= 15 is 0 Å². The molecule has 0 aliphatic heterocycles. The zero-order valence-electron chi connectivity index (χ0n) is 23.1. The second-order valence-electron chi connectivity index (χ2n) is 11.1. The van der Waals surface area contributed by atoms with Crippen LogP contribution in [0.2, 0.25) is 0 Å². The van der Waals surface area contributed by atoms with E-state index in [4.69, 9.17) is 14.9 Å². The van der Waals surface area contributed by atoms with E-state index in [1.807, 2.05) is 37.3 Å². The lowest BCUT2D eigenvalue weighted by molar-refractivity contribution is 0.131. The highest BCUT2D eigenvalue weighted by atomic mass is 32.2. The summed E-state index contributed by atoms with van der Waals surface area (Å²) in [6.07, 6.45) is 5.51. The number of aromatic nitrogens is 3. The molecule has 0 saturated heterocycles. The van der Waals surface area contributed by atoms with Crippen LogP contribution in [0.25, 0.3) is 44.2 Å². The number of hydrogen-bond acceptors (Lipinski definition) is 6. The lowest BCUT2D eigenvalue weighted by Gasteiger charge is -2.36. The molecule has 8 heteroatoms. The molecule has 210 valence electrons. The van der Waals surface area contributed by atoms with E-state index in [-0.39, 0.29) is 23.5 Å². The molecule has 7 rings (SSSR count). The van der Waals surface area contributed by atoms with Gasteiger partial charge >= 0.3 is 0 Å². The standard InChI is InChI=1S/C34H30N4O3S/c1-22-7-12-28(13-8-22)42(39,40)41-21-23-17-27(18-23)38-20-29(33-32(38)15-16-36-34(33)35)26-10-9-25-11-14-30(37-31(25)19-26)24-5-3-2-4-6-24/h2-16,19-20,23,27H,17-18,21H2,1H3,(H2,35,36)/t23-,27-. The number of nitrogens with two attached hydrogens (primary N) is 1. The zero-order valence-corrected chi connectivity index (χ0v) is 24.0. The van der Waals surface area contributed by atoms with Gasteiger partial charge in [-0.05, 0) is 61.6 Å². The Balaban J connectivity index is 1.15. The third-order valence-corrected chi connectivity index (χ3v) is 9.52. The van der Waals surface area contributed by atoms with Gasteiger partial charge in [-0.3, -0.25) is 4.18 Å². The number of nitrogens with zero attached hydrogens (tertiary/aromatic N) is 3. The highest BCUT2D eigenvalue weighted by Crippen LogP contribution is 2.44. The molecule has 1 saturated carbocycles. The smallest absolute Gasteiger partial charge is 0.296 e. The minimum Gasteiger partial charge on any atom is -0.383 e. The number of pyridine rings is 2. The summed E-state index contributed by atoms with van der Waals surface area (Å²) in [5.41, 5.74) is 13.4. The third kappa shape index (κ3) is 4.82. The van der Waals surface area contributed by atoms with Gasteiger partial charge in [0.05, 0.1) is 28.2 Å². The van der Waals surface area contributed by atoms with Crippen LogP contribution in [0, 0.1) is 12.8 Å². The van der Waals surface area contributed by atoms with Crippen LogP contribution in [-0.4, -0.2) is 29.6 Å². The molecule has 3 aromatic carbocycles. The Kier molecular flexibility index (Phi) is 6.52. The number of hydrogen-bond donors (Lipinski definition) is 1. The van der Waals surface area contributed by atoms with Gasteiger partial charge in [0, 0.05) is 40.3 Å². The highest BCUT2D eigenvalue weighted by molar-refractivity contribution is 7.86. The molecule has 0 spiro atoms. The summed E-state index contributed by atoms with van der Waals surface area (Å²) in [7, 11) is -3.78. The Bertz CT molecular complexity index is 2030. The lowest BCUT2D eigenvalue weighted by Crippen LogP contribution is -2.30. The Morgan fingerprint density at radius 3 is 2.48 bits per heavy atom. The summed E-state index contributed by atoms with van der Waals surface area (Å²) < 4.78 is 33.0. The van der Waals surface area contributed by atoms with E-state index in [9.17, 15) is 8.42 Å². The Labute approximate surface area is 244 Å². The normalized spacial score (nSPS) is 17.0. The highest BCUT2D eigenvalue weighted by Gasteiger charge is 2.33. The van der Waals surface area contributed by atoms with Gasteiger partial charge in [-0.25, -0.2) is 9.97 Å². The van der Waals surface area contributed by atoms with E-state index in [0.29, 0.717) is 5.82 Å². The lowest BCUT2D eigenvalue weighted by atomic mass is 9.80. The van der Waals surface area contributed by atoms with Crippen molar-refractivity contribution in [1.29, 1.82) is 0 Å². The van der Waals surface area contributed by atoms with E-state index in [2.05, 4.69) is 52.1 Å². The fourth-order valence-electron chi connectivity index (χ4n) is 5.83. The number of rotatable bonds is 7. The molecule has 1 aliphatic rings. The molecule has 3 heterocycles. The molecule has 3 aromatic heterocycles. The first kappa shape index (κ1) is 26.4. The van der Waals surface area contributed by atoms with Gasteiger partial charge in [-0.15, -0.1) is 0 Å². The molecule has 2 N–H and O–H groups in total. The van der Waals surface area contributed by atoms with Crippen LogP contribution in [0.1, 0.15) is 24.4 Å². The predicted octanol–water partition coefficient (Wildman–Crippen LogP) is 7.17. The fourth-order valence-corrected chi connectivity index (χ4v) is 6.81. The molecule has 42 heavy (non-hydrogen) atoms. The van der Waals surface area contributed by atoms with E-state index < -0.39 is 10.1 Å². The van der Waals surface area contributed by atoms with Crippen molar-refractivity contribution in [3.63, 3.8) is 0 Å². The predicted molar refractivity (Wildman–Crippen MR) is 166 cm³/mol. The van der Waals surface area contributed by atoms with Crippen molar-refractivity contribution in [2.24, 2.45) is 5.92 Å². The number of anilines is 1. The number of benzene rings is 3. The van der Waals surface area contributed by atoms with Crippen molar-refractivity contribution in [2.75, 3.05) is 12.3 Å². The first-order valence-corrected chi connectivity index (χ1v) is 15.4. The van der Waals surface area contributed by atoms with Crippen molar-refractivity contribution in [1.82, 2.24) is 14.5 Å². The number of nitrogen functional groups attached to an aromatic ring is 1. The molecular formula is C34H30N4O3S. The Morgan fingerprint density at radius 2 is 1.69 bits per heavy atom. The summed E-state index contributed by atoms with van der Waals surface area (Å²) in [5, 5.41) is 1.98. The van der Waals surface area contributed by atoms with Crippen molar-refractivity contribution < 1.29 is 12.6 Å². The van der Waals surface area contributed by atoms with Crippen molar-refractivity contribution in [2.45, 2.75) is 30.7 Å². The maximum atomic E-state index is 12.7. The SMILES string of the molecule is Cc1ccc(S(=O)(=O)OC[C@H]2C[C@H](n3cc(-c4ccc5ccc(-c6ccccc6)nc5c4)c4c(N)nccc43)C2)cc1. The second kappa shape index (κ2) is 10.4. The van der Waals surface area contributed by atoms with Crippen LogP contribution in [0.3, 0.4) is 0 Å². The maximum absolute atomic E-state index is 12.7. The van der Waals surface area contributed by atoms with E-state index in [0.717, 1.165) is 62.6 Å². The van der Waals surface area contributed by atoms with Crippen molar-refractivity contribution in [3.8, 4) is 22.4 Å². The molecule has 0 radical (unpaired) electrons. The fraction of sp³-hybridized carbons (Fsp3) is 0.176. The van der Waals surface area contributed by atoms with Gasteiger partial charge in [0.25, 0.3) is 10.1 Å². The first-order valence-electron chi connectivity index (χ1n) is 14.0. The molecule has 0 atom stereocenters. The summed E-state index contributed by atoms with van der Waals surface area (Å²) in [6.45, 7) is 2.09. The minimum absolute atomic E-state index is 0.150. The average Bonchev–Trinajstić information content (AvgIpc) is 3.37. The molecule has 0 unspecified atom stereocenters. The van der Waals surface area contributed by atoms with Crippen LogP contribution in [0.15, 0.2) is 108 Å². The van der Waals surface area contributed by atoms with Gasteiger partial charge in [0.2, 0.25) is 0 Å². The summed E-state index contributed by atoms with van der Waals surface area (Å²) >= 11 is 0. The van der Waals surface area contributed by atoms with Crippen LogP contribution >= 0.6 is 0 Å². The van der Waals surface area contributed by atoms with E-state index in [1.54, 1.807) is 30.5 Å². The van der Waals surface area contributed by atoms with Gasteiger partial charge in [0.15, 0.2) is 0 Å². The summed E-state index contributed by atoms with van der Waals surface area (Å²) in [5.74, 6) is 0.632. The summed E-state index contributed by atoms with van der Waals surface area (Å²) in [4.78, 5) is 9.55. The molecule has 6 aromatic rings. The average molecular weight is 575 g/mol. The van der Waals surface area contributed by atoms with Crippen molar-refractivity contribution in [3.05, 3.63) is 109 Å². The Morgan fingerprint density at radius 1 is 0.929 bits per heavy atom. The van der Waals surface area contributed by atoms with Crippen molar-refractivity contribution >= 4 is 37.7 Å². The maximum Gasteiger partial charge on any atom is 0.296 e. The molecule has 0 bridgehead atoms. The number of fused-ring (bicyclic) bond motifs is 2. The van der Waals surface area contributed by atoms with Gasteiger partial charge in [0.1, 0.15) is 5.82 Å². The largest absolute Gasteiger partial charge is 0.383 e. The second-order valence-corrected chi connectivity index (χ2v) is 12.7. The molecule has 7 nitrogen and oxygen atoms in total. The van der Waals surface area contributed by atoms with Crippen LogP contribution in [-0.2, 0) is 14.3 Å². The van der Waals surface area contributed by atoms with Gasteiger partial charge in [-0.1, -0.05) is 66.2 Å². The molecular weight excluding hydrogens is 544 g/mol. The van der Waals surface area contributed by atoms with Gasteiger partial charge in [-0.2, -0.15) is 8.42 Å². The first-order chi connectivity index (χ1) is 20.4. The van der Waals surface area contributed by atoms with Crippen LogP contribution in [0.5, 0.6) is 0 Å². The number of aryl methyl sites for hydroxylation is 1. The third-order valence-electron chi connectivity index (χ3n) is 8.22. The summed E-state index contributed by atoms with van der Waals surface area (Å²) in [6, 6.07) is 29.5. The molecule has 1 aliphatic carbocycles. The van der Waals surface area contributed by atoms with Crippen LogP contribution in [0.4, 0.5) is 5.82 Å². The Hall–Kier alpha value is -4.53.